The highest BCUT2D eigenvalue weighted by Crippen LogP contribution is 2.21. The van der Waals surface area contributed by atoms with Crippen molar-refractivity contribution in [3.05, 3.63) is 35.4 Å². The third-order valence-corrected chi connectivity index (χ3v) is 5.06. The monoisotopic (exact) mass is 348 g/mol. The number of amides is 2. The van der Waals surface area contributed by atoms with E-state index in [1.807, 2.05) is 0 Å². The van der Waals surface area contributed by atoms with Gasteiger partial charge in [-0.3, -0.25) is 0 Å². The third kappa shape index (κ3) is 6.01. The van der Waals surface area contributed by atoms with Crippen LogP contribution in [0.2, 0.25) is 0 Å². The van der Waals surface area contributed by atoms with Gasteiger partial charge in [-0.15, -0.1) is 0 Å². The van der Waals surface area contributed by atoms with E-state index in [9.17, 15) is 15.0 Å². The van der Waals surface area contributed by atoms with Crippen LogP contribution in [0.1, 0.15) is 56.6 Å². The van der Waals surface area contributed by atoms with Gasteiger partial charge in [-0.25, -0.2) is 4.79 Å². The normalized spacial score (nSPS) is 21.2. The predicted octanol–water partition coefficient (Wildman–Crippen LogP) is 2.66. The summed E-state index contributed by atoms with van der Waals surface area (Å²) in [6.07, 6.45) is 3.54. The van der Waals surface area contributed by atoms with Crippen LogP contribution in [0.15, 0.2) is 24.3 Å². The van der Waals surface area contributed by atoms with E-state index in [1.54, 1.807) is 4.90 Å². The minimum atomic E-state index is -1.03. The number of hydrogen-bond acceptors (Lipinski definition) is 3. The highest BCUT2D eigenvalue weighted by atomic mass is 16.3. The predicted molar refractivity (Wildman–Crippen MR) is 99.7 cm³/mol. The van der Waals surface area contributed by atoms with Gasteiger partial charge in [0.25, 0.3) is 0 Å². The Morgan fingerprint density at radius 1 is 1.24 bits per heavy atom. The van der Waals surface area contributed by atoms with Gasteiger partial charge in [-0.1, -0.05) is 38.1 Å². The number of carbonyl (C=O) groups is 1. The molecule has 140 valence electrons. The summed E-state index contributed by atoms with van der Waals surface area (Å²) in [5.41, 5.74) is 1.61. The summed E-state index contributed by atoms with van der Waals surface area (Å²) in [7, 11) is 0. The minimum absolute atomic E-state index is 0.0719. The van der Waals surface area contributed by atoms with Gasteiger partial charge in [0.1, 0.15) is 0 Å². The lowest BCUT2D eigenvalue weighted by molar-refractivity contribution is -0.0248. The summed E-state index contributed by atoms with van der Waals surface area (Å²) in [4.78, 5) is 14.0. The summed E-state index contributed by atoms with van der Waals surface area (Å²) >= 11 is 0. The lowest BCUT2D eigenvalue weighted by Gasteiger charge is -2.24. The molecule has 1 aromatic carbocycles. The van der Waals surface area contributed by atoms with Crippen LogP contribution in [-0.4, -0.2) is 53.0 Å². The maximum absolute atomic E-state index is 12.3. The van der Waals surface area contributed by atoms with E-state index in [1.165, 1.54) is 11.1 Å². The van der Waals surface area contributed by atoms with E-state index < -0.39 is 5.60 Å². The standard InChI is InChI=1S/C20H32N2O3/c1-16(2)18-8-6-17(7-9-18)5-3-12-21-19(24)22-13-4-10-20(25,15-23)11-14-22/h6-9,16,23,25H,3-5,10-15H2,1-2H3,(H,21,24). The van der Waals surface area contributed by atoms with E-state index in [2.05, 4.69) is 43.4 Å². The molecule has 1 unspecified atom stereocenters. The molecule has 0 bridgehead atoms. The quantitative estimate of drug-likeness (QED) is 0.692. The molecule has 0 radical (unpaired) electrons. The second-order valence-corrected chi connectivity index (χ2v) is 7.45. The zero-order valence-electron chi connectivity index (χ0n) is 15.5. The number of likely N-dealkylation sites (tertiary alicyclic amines) is 1. The van der Waals surface area contributed by atoms with Crippen LogP contribution >= 0.6 is 0 Å². The van der Waals surface area contributed by atoms with Crippen molar-refractivity contribution >= 4 is 6.03 Å². The Morgan fingerprint density at radius 2 is 1.96 bits per heavy atom. The molecule has 1 heterocycles. The Bertz CT molecular complexity index is 544. The van der Waals surface area contributed by atoms with Gasteiger partial charge in [0.15, 0.2) is 0 Å². The van der Waals surface area contributed by atoms with E-state index in [0.29, 0.717) is 44.8 Å². The number of aryl methyl sites for hydroxylation is 1. The topological polar surface area (TPSA) is 72.8 Å². The van der Waals surface area contributed by atoms with E-state index in [0.717, 1.165) is 12.8 Å². The smallest absolute Gasteiger partial charge is 0.317 e. The molecular formula is C20H32N2O3. The zero-order valence-corrected chi connectivity index (χ0v) is 15.5. The van der Waals surface area contributed by atoms with Crippen molar-refractivity contribution in [2.75, 3.05) is 26.2 Å². The van der Waals surface area contributed by atoms with Gasteiger partial charge in [-0.2, -0.15) is 0 Å². The Morgan fingerprint density at radius 3 is 2.60 bits per heavy atom. The van der Waals surface area contributed by atoms with Gasteiger partial charge in [0, 0.05) is 19.6 Å². The zero-order chi connectivity index (χ0) is 18.3. The first-order valence-corrected chi connectivity index (χ1v) is 9.38. The molecule has 1 fully saturated rings. The summed E-state index contributed by atoms with van der Waals surface area (Å²) in [5, 5.41) is 22.4. The molecule has 1 aliphatic rings. The summed E-state index contributed by atoms with van der Waals surface area (Å²) < 4.78 is 0. The summed E-state index contributed by atoms with van der Waals surface area (Å²) in [6.45, 7) is 5.90. The molecule has 1 atom stereocenters. The van der Waals surface area contributed by atoms with E-state index >= 15 is 0 Å². The average molecular weight is 348 g/mol. The molecular weight excluding hydrogens is 316 g/mol. The summed E-state index contributed by atoms with van der Waals surface area (Å²) in [6, 6.07) is 8.62. The fourth-order valence-corrected chi connectivity index (χ4v) is 3.21. The first kappa shape index (κ1) is 19.7. The number of hydrogen-bond donors (Lipinski definition) is 3. The average Bonchev–Trinajstić information content (AvgIpc) is 2.81. The molecule has 0 aromatic heterocycles. The van der Waals surface area contributed by atoms with Crippen molar-refractivity contribution in [1.82, 2.24) is 10.2 Å². The van der Waals surface area contributed by atoms with Crippen LogP contribution in [0.4, 0.5) is 4.79 Å². The Hall–Kier alpha value is -1.59. The van der Waals surface area contributed by atoms with Crippen molar-refractivity contribution in [3.8, 4) is 0 Å². The second-order valence-electron chi connectivity index (χ2n) is 7.45. The number of nitrogens with zero attached hydrogens (tertiary/aromatic N) is 1. The van der Waals surface area contributed by atoms with Crippen LogP contribution in [-0.2, 0) is 6.42 Å². The molecule has 0 spiro atoms. The minimum Gasteiger partial charge on any atom is -0.393 e. The maximum Gasteiger partial charge on any atom is 0.317 e. The van der Waals surface area contributed by atoms with Gasteiger partial charge in [0.2, 0.25) is 0 Å². The molecule has 3 N–H and O–H groups in total. The maximum atomic E-state index is 12.3. The fourth-order valence-electron chi connectivity index (χ4n) is 3.21. The number of carbonyl (C=O) groups excluding carboxylic acids is 1. The van der Waals surface area contributed by atoms with Gasteiger partial charge < -0.3 is 20.4 Å². The first-order valence-electron chi connectivity index (χ1n) is 9.38. The Labute approximate surface area is 151 Å². The number of aliphatic hydroxyl groups excluding tert-OH is 1. The number of nitrogens with one attached hydrogen (secondary N) is 1. The van der Waals surface area contributed by atoms with E-state index in [4.69, 9.17) is 0 Å². The second kappa shape index (κ2) is 9.20. The number of benzene rings is 1. The van der Waals surface area contributed by atoms with Gasteiger partial charge in [0.05, 0.1) is 12.2 Å². The first-order chi connectivity index (χ1) is 11.9. The highest BCUT2D eigenvalue weighted by Gasteiger charge is 2.30. The van der Waals surface area contributed by atoms with Crippen molar-refractivity contribution in [3.63, 3.8) is 0 Å². The summed E-state index contributed by atoms with van der Waals surface area (Å²) in [5.74, 6) is 0.547. The molecule has 1 aliphatic heterocycles. The molecule has 25 heavy (non-hydrogen) atoms. The third-order valence-electron chi connectivity index (χ3n) is 5.06. The molecule has 1 aromatic rings. The Balaban J connectivity index is 1.70. The van der Waals surface area contributed by atoms with E-state index in [-0.39, 0.29) is 12.6 Å². The van der Waals surface area contributed by atoms with Crippen LogP contribution in [0, 0.1) is 0 Å². The van der Waals surface area contributed by atoms with Crippen LogP contribution < -0.4 is 5.32 Å². The molecule has 2 amide bonds. The largest absolute Gasteiger partial charge is 0.393 e. The van der Waals surface area contributed by atoms with Gasteiger partial charge >= 0.3 is 6.03 Å². The fraction of sp³-hybridized carbons (Fsp3) is 0.650. The van der Waals surface area contributed by atoms with Crippen molar-refractivity contribution in [2.24, 2.45) is 0 Å². The van der Waals surface area contributed by atoms with Crippen molar-refractivity contribution in [2.45, 2.75) is 57.5 Å². The number of rotatable bonds is 6. The van der Waals surface area contributed by atoms with Crippen molar-refractivity contribution in [1.29, 1.82) is 0 Å². The molecule has 1 saturated heterocycles. The van der Waals surface area contributed by atoms with Crippen LogP contribution in [0.3, 0.4) is 0 Å². The molecule has 2 rings (SSSR count). The molecule has 5 heteroatoms. The lowest BCUT2D eigenvalue weighted by atomic mass is 9.96. The SMILES string of the molecule is CC(C)c1ccc(CCCNC(=O)N2CCCC(O)(CO)CC2)cc1. The molecule has 5 nitrogen and oxygen atoms in total. The Kier molecular flexibility index (Phi) is 7.26. The van der Waals surface area contributed by atoms with Gasteiger partial charge in [-0.05, 0) is 49.1 Å². The molecule has 0 saturated carbocycles. The van der Waals surface area contributed by atoms with Crippen LogP contribution in [0.25, 0.3) is 0 Å². The lowest BCUT2D eigenvalue weighted by Crippen LogP contribution is -2.42. The number of aliphatic hydroxyl groups is 2. The number of urea groups is 1. The van der Waals surface area contributed by atoms with Crippen LogP contribution in [0.5, 0.6) is 0 Å². The highest BCUT2D eigenvalue weighted by molar-refractivity contribution is 5.74. The van der Waals surface area contributed by atoms with Crippen molar-refractivity contribution < 1.29 is 15.0 Å². The molecule has 0 aliphatic carbocycles.